The molecule has 2 rings (SSSR count). The van der Waals surface area contributed by atoms with Crippen molar-refractivity contribution in [2.75, 3.05) is 0 Å². The van der Waals surface area contributed by atoms with Crippen LogP contribution < -0.4 is 9.79 Å². The van der Waals surface area contributed by atoms with Crippen molar-refractivity contribution in [3.63, 3.8) is 0 Å². The molecule has 3 N–H and O–H groups in total. The van der Waals surface area contributed by atoms with E-state index in [0.717, 1.165) is 6.20 Å². The molecule has 0 aliphatic heterocycles. The minimum absolute atomic E-state index is 0. The second kappa shape index (κ2) is 5.99. The molecule has 2 aromatic rings. The molecule has 0 aliphatic carbocycles. The van der Waals surface area contributed by atoms with Crippen LogP contribution in [0.2, 0.25) is 0 Å². The molecule has 0 aromatic carbocycles. The summed E-state index contributed by atoms with van der Waals surface area (Å²) in [6, 6.07) is 4.78. The fraction of sp³-hybridized carbons (Fsp3) is 0.222. The average Bonchev–Trinajstić information content (AvgIpc) is 2.70. The number of hydrogen-bond donors (Lipinski definition) is 3. The maximum atomic E-state index is 11.1. The van der Waals surface area contributed by atoms with Crippen LogP contribution in [0.4, 0.5) is 0 Å². The van der Waals surface area contributed by atoms with Gasteiger partial charge in [-0.2, -0.15) is 0 Å². The Kier molecular flexibility index (Phi) is 5.31. The molecule has 0 saturated heterocycles. The molecule has 21 heavy (non-hydrogen) atoms. The summed E-state index contributed by atoms with van der Waals surface area (Å²) in [5.74, 6) is 0. The van der Waals surface area contributed by atoms with E-state index in [9.17, 15) is 24.0 Å². The molecule has 12 heteroatoms. The van der Waals surface area contributed by atoms with E-state index < -0.39 is 26.7 Å². The van der Waals surface area contributed by atoms with Crippen molar-refractivity contribution in [2.24, 2.45) is 0 Å². The average molecular weight is 386 g/mol. The normalized spacial score (nSPS) is 20.0. The smallest absolute Gasteiger partial charge is 0.776 e. The summed E-state index contributed by atoms with van der Waals surface area (Å²) in [4.78, 5) is 44.0. The Morgan fingerprint density at radius 1 is 1.24 bits per heavy atom. The van der Waals surface area contributed by atoms with Crippen molar-refractivity contribution in [1.82, 2.24) is 9.38 Å². The first-order valence-corrected chi connectivity index (χ1v) is 8.43. The van der Waals surface area contributed by atoms with Crippen LogP contribution in [0.25, 0.3) is 5.65 Å². The van der Waals surface area contributed by atoms with E-state index in [-0.39, 0.29) is 25.2 Å². The molecule has 0 bridgehead atoms. The van der Waals surface area contributed by atoms with Gasteiger partial charge in [0.05, 0.1) is 0 Å². The fourth-order valence-corrected chi connectivity index (χ4v) is 3.72. The van der Waals surface area contributed by atoms with Crippen molar-refractivity contribution >= 4 is 20.8 Å². The zero-order valence-corrected chi connectivity index (χ0v) is 15.3. The van der Waals surface area contributed by atoms with Gasteiger partial charge in [-0.1, -0.05) is 6.07 Å². The monoisotopic (exact) mass is 384 g/mol. The first-order chi connectivity index (χ1) is 9.06. The minimum atomic E-state index is -5.79. The molecule has 0 saturated carbocycles. The van der Waals surface area contributed by atoms with Gasteiger partial charge in [0.2, 0.25) is 0 Å². The van der Waals surface area contributed by atoms with Gasteiger partial charge in [-0.05, 0) is 12.1 Å². The third kappa shape index (κ3) is 3.34. The Hall–Kier alpha value is -0.427. The molecule has 0 aliphatic rings. The molecule has 0 spiro atoms. The summed E-state index contributed by atoms with van der Waals surface area (Å²) in [5.41, 5.74) is 0.362. The van der Waals surface area contributed by atoms with Crippen LogP contribution in [-0.4, -0.2) is 29.4 Å². The summed E-state index contributed by atoms with van der Waals surface area (Å²) >= 11 is 0. The molecule has 0 radical (unpaired) electrons. The Labute approximate surface area is 131 Å². The Balaban J connectivity index is 0.00000220. The predicted octanol–water partition coefficient (Wildman–Crippen LogP) is -1.39. The van der Waals surface area contributed by atoms with Crippen molar-refractivity contribution in [1.29, 1.82) is 0 Å². The summed E-state index contributed by atoms with van der Waals surface area (Å²) in [7, 11) is -11.6. The van der Waals surface area contributed by atoms with Crippen LogP contribution in [0.3, 0.4) is 0 Å². The van der Waals surface area contributed by atoms with Gasteiger partial charge in [0.25, 0.3) is 0 Å². The van der Waals surface area contributed by atoms with E-state index >= 15 is 0 Å². The molecular weight excluding hydrogens is 375 g/mol. The number of hydrogen-bond acceptors (Lipinski definition) is 6. The van der Waals surface area contributed by atoms with Gasteiger partial charge in [0.1, 0.15) is 5.65 Å². The third-order valence-corrected chi connectivity index (χ3v) is 6.46. The number of aliphatic hydroxyl groups is 1. The summed E-state index contributed by atoms with van der Waals surface area (Å²) in [6.07, 6.45) is 1.52. The Bertz CT molecular complexity index is 715. The number of pyridine rings is 1. The number of fused-ring (bicyclic) bond motifs is 1. The maximum Gasteiger partial charge on any atom is 2.00 e. The SMILES string of the molecule is O=P([O-])(O)C(O)(Cc1cnc2ccccn12)P(=O)([O-])O.[Zn+2]. The molecule has 9 nitrogen and oxygen atoms in total. The number of nitrogens with zero attached hydrogens (tertiary/aromatic N) is 2. The topological polar surface area (TPSA) is 158 Å². The first kappa shape index (κ1) is 18.6. The summed E-state index contributed by atoms with van der Waals surface area (Å²) in [6.45, 7) is 0. The molecule has 2 heterocycles. The van der Waals surface area contributed by atoms with Crippen molar-refractivity contribution in [2.45, 2.75) is 11.5 Å². The van der Waals surface area contributed by atoms with E-state index in [1.807, 2.05) is 0 Å². The van der Waals surface area contributed by atoms with Gasteiger partial charge in [0.15, 0.2) is 20.3 Å². The number of imidazole rings is 1. The van der Waals surface area contributed by atoms with Crippen LogP contribution in [0, 0.1) is 0 Å². The molecule has 0 fully saturated rings. The summed E-state index contributed by atoms with van der Waals surface area (Å²) in [5, 5.41) is 6.02. The molecule has 2 atom stereocenters. The van der Waals surface area contributed by atoms with E-state index in [1.165, 1.54) is 10.6 Å². The molecule has 0 amide bonds. The zero-order chi connectivity index (χ0) is 15.2. The van der Waals surface area contributed by atoms with E-state index in [4.69, 9.17) is 9.79 Å². The number of rotatable bonds is 4. The van der Waals surface area contributed by atoms with E-state index in [2.05, 4.69) is 4.98 Å². The fourth-order valence-electron chi connectivity index (χ4n) is 1.72. The van der Waals surface area contributed by atoms with E-state index in [0.29, 0.717) is 5.65 Å². The zero-order valence-electron chi connectivity index (χ0n) is 10.6. The van der Waals surface area contributed by atoms with Crippen molar-refractivity contribution < 1.29 is 53.3 Å². The minimum Gasteiger partial charge on any atom is -0.776 e. The molecule has 2 aromatic heterocycles. The van der Waals surface area contributed by atoms with Gasteiger partial charge < -0.3 is 38.2 Å². The Morgan fingerprint density at radius 2 is 1.81 bits per heavy atom. The quantitative estimate of drug-likeness (QED) is 0.429. The molecule has 110 valence electrons. The standard InChI is InChI=1S/C9H12N2O7P2.Zn/c12-9(19(13,14)15,20(16,17)18)5-7-6-10-8-3-1-2-4-11(7)8;/h1-4,6,12H,5H2,(H2,13,14,15)(H2,16,17,18);/q;+2/p-2. The van der Waals surface area contributed by atoms with Crippen LogP contribution in [0.15, 0.2) is 30.6 Å². The van der Waals surface area contributed by atoms with Crippen LogP contribution in [-0.2, 0) is 35.0 Å². The van der Waals surface area contributed by atoms with Crippen molar-refractivity contribution in [3.8, 4) is 0 Å². The van der Waals surface area contributed by atoms with Crippen LogP contribution in [0.1, 0.15) is 5.69 Å². The summed E-state index contributed by atoms with van der Waals surface area (Å²) < 4.78 is 23.6. The van der Waals surface area contributed by atoms with Gasteiger partial charge in [-0.25, -0.2) is 4.98 Å². The maximum absolute atomic E-state index is 11.1. The van der Waals surface area contributed by atoms with Gasteiger partial charge in [-0.15, -0.1) is 0 Å². The molecule has 2 unspecified atom stereocenters. The third-order valence-electron chi connectivity index (χ3n) is 2.82. The van der Waals surface area contributed by atoms with Crippen molar-refractivity contribution in [3.05, 3.63) is 36.3 Å². The van der Waals surface area contributed by atoms with Gasteiger partial charge >= 0.3 is 19.5 Å². The Morgan fingerprint density at radius 3 is 2.33 bits per heavy atom. The first-order valence-electron chi connectivity index (χ1n) is 5.27. The second-order valence-electron chi connectivity index (χ2n) is 4.17. The van der Waals surface area contributed by atoms with E-state index in [1.54, 1.807) is 18.2 Å². The van der Waals surface area contributed by atoms with Gasteiger partial charge in [-0.3, -0.25) is 0 Å². The van der Waals surface area contributed by atoms with Gasteiger partial charge in [0, 0.05) is 24.5 Å². The van der Waals surface area contributed by atoms with Crippen LogP contribution in [0.5, 0.6) is 0 Å². The van der Waals surface area contributed by atoms with Crippen LogP contribution >= 0.6 is 15.2 Å². The second-order valence-corrected chi connectivity index (χ2v) is 8.08. The largest absolute Gasteiger partial charge is 2.00 e. The predicted molar refractivity (Wildman–Crippen MR) is 63.5 cm³/mol. The number of aromatic nitrogens is 2. The molecular formula is C9H10N2O7P2Zn.